The van der Waals surface area contributed by atoms with Crippen LogP contribution < -0.4 is 5.32 Å². The Kier molecular flexibility index (Phi) is 42.9. The number of rotatable bonds is 45. The van der Waals surface area contributed by atoms with Crippen LogP contribution in [0, 0.1) is 0 Å². The third-order valence-corrected chi connectivity index (χ3v) is 10.3. The van der Waals surface area contributed by atoms with Gasteiger partial charge >= 0.3 is 5.97 Å². The normalized spacial score (nSPS) is 11.4. The first kappa shape index (κ1) is 54.2. The topological polar surface area (TPSA) is 116 Å². The van der Waals surface area contributed by atoms with Crippen LogP contribution in [-0.4, -0.2) is 127 Å². The number of nitrogens with one attached hydrogen (secondary N) is 1. The molecule has 0 aromatic rings. The molecule has 0 saturated heterocycles. The van der Waals surface area contributed by atoms with Gasteiger partial charge in [0.25, 0.3) is 0 Å². The molecule has 0 rings (SSSR count). The van der Waals surface area contributed by atoms with Gasteiger partial charge in [-0.2, -0.15) is 0 Å². The maximum Gasteiger partial charge on any atom is 0.307 e. The van der Waals surface area contributed by atoms with E-state index in [-0.39, 0.29) is 63.7 Å². The van der Waals surface area contributed by atoms with Crippen LogP contribution in [0.25, 0.3) is 0 Å². The number of carbonyl (C=O) groups excluding carboxylic acids is 3. The Morgan fingerprint density at radius 2 is 0.929 bits per heavy atom. The van der Waals surface area contributed by atoms with Gasteiger partial charge in [0.1, 0.15) is 13.2 Å². The van der Waals surface area contributed by atoms with Gasteiger partial charge in [-0.25, -0.2) is 0 Å². The Labute approximate surface area is 344 Å². The summed E-state index contributed by atoms with van der Waals surface area (Å²) in [4.78, 5) is 41.8. The molecule has 1 N–H and O–H groups in total. The predicted octanol–water partition coefficient (Wildman–Crippen LogP) is 8.89. The number of ether oxygens (including phenoxy) is 5. The fraction of sp³-hybridized carbons (Fsp3) is 0.933. The van der Waals surface area contributed by atoms with Crippen LogP contribution >= 0.6 is 0 Å². The summed E-state index contributed by atoms with van der Waals surface area (Å²) in [7, 11) is 3.15. The molecule has 56 heavy (non-hydrogen) atoms. The fourth-order valence-corrected chi connectivity index (χ4v) is 6.69. The zero-order valence-corrected chi connectivity index (χ0v) is 37.0. The van der Waals surface area contributed by atoms with E-state index in [0.29, 0.717) is 26.4 Å². The van der Waals surface area contributed by atoms with Gasteiger partial charge in [-0.1, -0.05) is 155 Å². The number of carbonyl (C=O) groups is 3. The van der Waals surface area contributed by atoms with Gasteiger partial charge in [-0.15, -0.1) is 0 Å². The third-order valence-electron chi connectivity index (χ3n) is 10.3. The van der Waals surface area contributed by atoms with Crippen molar-refractivity contribution in [2.45, 2.75) is 174 Å². The van der Waals surface area contributed by atoms with Crippen LogP contribution in [0.4, 0.5) is 0 Å². The highest BCUT2D eigenvalue weighted by Crippen LogP contribution is 2.14. The summed E-state index contributed by atoms with van der Waals surface area (Å²) in [6.07, 6.45) is 32.3. The molecule has 11 heteroatoms. The zero-order valence-electron chi connectivity index (χ0n) is 37.0. The summed E-state index contributed by atoms with van der Waals surface area (Å²) in [6, 6.07) is 0. The number of nitrogens with zero attached hydrogens (tertiary/aromatic N) is 2. The number of amides is 2. The second-order valence-electron chi connectivity index (χ2n) is 15.4. The molecule has 0 aliphatic heterocycles. The molecule has 0 aromatic heterocycles. The molecule has 2 amide bonds. The Morgan fingerprint density at radius 1 is 0.482 bits per heavy atom. The molecule has 0 aliphatic carbocycles. The van der Waals surface area contributed by atoms with Gasteiger partial charge in [0.15, 0.2) is 0 Å². The van der Waals surface area contributed by atoms with Gasteiger partial charge in [-0.3, -0.25) is 19.3 Å². The minimum atomic E-state index is -0.351. The molecule has 0 fully saturated rings. The van der Waals surface area contributed by atoms with E-state index in [1.54, 1.807) is 14.2 Å². The van der Waals surface area contributed by atoms with E-state index in [1.165, 1.54) is 159 Å². The van der Waals surface area contributed by atoms with Crippen LogP contribution in [-0.2, 0) is 38.1 Å². The summed E-state index contributed by atoms with van der Waals surface area (Å²) in [5.41, 5.74) is 0. The minimum absolute atomic E-state index is 0.0808. The van der Waals surface area contributed by atoms with E-state index in [0.717, 1.165) is 19.6 Å². The number of hydrogen-bond donors (Lipinski definition) is 1. The molecule has 0 spiro atoms. The maximum atomic E-state index is 12.7. The molecular formula is C45H89N3O8. The quantitative estimate of drug-likeness (QED) is 0.0477. The van der Waals surface area contributed by atoms with Gasteiger partial charge in [0.05, 0.1) is 46.0 Å². The Morgan fingerprint density at radius 3 is 1.39 bits per heavy atom. The highest BCUT2D eigenvalue weighted by molar-refractivity contribution is 5.85. The van der Waals surface area contributed by atoms with E-state index in [4.69, 9.17) is 23.7 Å². The van der Waals surface area contributed by atoms with Crippen molar-refractivity contribution < 1.29 is 38.1 Å². The molecule has 0 aliphatic rings. The summed E-state index contributed by atoms with van der Waals surface area (Å²) < 4.78 is 26.4. The first-order valence-corrected chi connectivity index (χ1v) is 23.0. The number of methoxy groups -OCH3 is 2. The molecule has 332 valence electrons. The molecule has 0 bridgehead atoms. The number of unbranched alkanes of at least 4 members (excludes halogenated alkanes) is 22. The van der Waals surface area contributed by atoms with Crippen LogP contribution in [0.3, 0.4) is 0 Å². The predicted molar refractivity (Wildman–Crippen MR) is 229 cm³/mol. The van der Waals surface area contributed by atoms with Crippen molar-refractivity contribution in [3.63, 3.8) is 0 Å². The standard InChI is InChI=1S/C45H89N3O8/c1-5-7-9-11-13-15-17-19-21-23-25-27-31-47(32-28-26-24-22-20-18-16-14-12-10-8-6-2)33-36-56-45(51)29-30-46-43(49)41-48(34-35-54-39-37-52-3)44(50)42-55-40-38-53-4/h5-42H2,1-4H3,(H,46,49). The van der Waals surface area contributed by atoms with E-state index in [9.17, 15) is 14.4 Å². The van der Waals surface area contributed by atoms with E-state index < -0.39 is 0 Å². The molecule has 0 unspecified atom stereocenters. The zero-order chi connectivity index (χ0) is 41.0. The molecular weight excluding hydrogens is 711 g/mol. The van der Waals surface area contributed by atoms with Crippen molar-refractivity contribution in [3.05, 3.63) is 0 Å². The largest absolute Gasteiger partial charge is 0.464 e. The van der Waals surface area contributed by atoms with Crippen molar-refractivity contribution in [2.24, 2.45) is 0 Å². The summed E-state index contributed by atoms with van der Waals surface area (Å²) in [6.45, 7) is 9.59. The van der Waals surface area contributed by atoms with E-state index >= 15 is 0 Å². The van der Waals surface area contributed by atoms with E-state index in [1.807, 2.05) is 0 Å². The Balaban J connectivity index is 4.54. The lowest BCUT2D eigenvalue weighted by molar-refractivity contribution is -0.144. The Hall–Kier alpha value is -1.79. The van der Waals surface area contributed by atoms with Crippen molar-refractivity contribution in [3.8, 4) is 0 Å². The average molecular weight is 800 g/mol. The van der Waals surface area contributed by atoms with Crippen molar-refractivity contribution in [1.82, 2.24) is 15.1 Å². The maximum absolute atomic E-state index is 12.7. The van der Waals surface area contributed by atoms with Crippen LogP contribution in [0.5, 0.6) is 0 Å². The van der Waals surface area contributed by atoms with Gasteiger partial charge < -0.3 is 33.9 Å². The SMILES string of the molecule is CCCCCCCCCCCCCCN(CCCCCCCCCCCCCC)CCOC(=O)CCNC(=O)CN(CCOCCOC)C(=O)COCCOC. The lowest BCUT2D eigenvalue weighted by atomic mass is 10.0. The summed E-state index contributed by atoms with van der Waals surface area (Å²) in [5, 5.41) is 2.75. The monoisotopic (exact) mass is 800 g/mol. The smallest absolute Gasteiger partial charge is 0.307 e. The van der Waals surface area contributed by atoms with Crippen LogP contribution in [0.1, 0.15) is 174 Å². The number of esters is 1. The van der Waals surface area contributed by atoms with E-state index in [2.05, 4.69) is 24.1 Å². The van der Waals surface area contributed by atoms with Crippen molar-refractivity contribution >= 4 is 17.8 Å². The first-order chi connectivity index (χ1) is 27.5. The Bertz CT molecular complexity index is 837. The van der Waals surface area contributed by atoms with Gasteiger partial charge in [0, 0.05) is 33.9 Å². The van der Waals surface area contributed by atoms with Crippen molar-refractivity contribution in [1.29, 1.82) is 0 Å². The fourth-order valence-electron chi connectivity index (χ4n) is 6.69. The van der Waals surface area contributed by atoms with Gasteiger partial charge in [-0.05, 0) is 25.9 Å². The lowest BCUT2D eigenvalue weighted by Gasteiger charge is -2.22. The molecule has 11 nitrogen and oxygen atoms in total. The molecule has 0 saturated carbocycles. The molecule has 0 aromatic carbocycles. The van der Waals surface area contributed by atoms with Gasteiger partial charge in [0.2, 0.25) is 11.8 Å². The average Bonchev–Trinajstić information content (AvgIpc) is 3.19. The first-order valence-electron chi connectivity index (χ1n) is 23.0. The molecule has 0 radical (unpaired) electrons. The third kappa shape index (κ3) is 39.1. The second kappa shape index (κ2) is 44.3. The highest BCUT2D eigenvalue weighted by Gasteiger charge is 2.18. The van der Waals surface area contributed by atoms with Crippen LogP contribution in [0.2, 0.25) is 0 Å². The molecule has 0 atom stereocenters. The lowest BCUT2D eigenvalue weighted by Crippen LogP contribution is -2.44. The molecule has 0 heterocycles. The highest BCUT2D eigenvalue weighted by atomic mass is 16.5. The van der Waals surface area contributed by atoms with Crippen molar-refractivity contribution in [2.75, 3.05) is 99.7 Å². The van der Waals surface area contributed by atoms with Crippen LogP contribution in [0.15, 0.2) is 0 Å². The number of hydrogen-bond acceptors (Lipinski definition) is 9. The summed E-state index contributed by atoms with van der Waals surface area (Å²) in [5.74, 6) is -0.995. The minimum Gasteiger partial charge on any atom is -0.464 e. The summed E-state index contributed by atoms with van der Waals surface area (Å²) >= 11 is 0. The second-order valence-corrected chi connectivity index (χ2v) is 15.4.